The fourth-order valence-electron chi connectivity index (χ4n) is 1.73. The average molecular weight is 275 g/mol. The molecule has 0 N–H and O–H groups in total. The summed E-state index contributed by atoms with van der Waals surface area (Å²) in [7, 11) is 3.18. The molecule has 0 aliphatic heterocycles. The first-order valence-corrected chi connectivity index (χ1v) is 6.38. The van der Waals surface area contributed by atoms with Gasteiger partial charge in [0.25, 0.3) is 0 Å². The first kappa shape index (κ1) is 15.8. The van der Waals surface area contributed by atoms with Crippen molar-refractivity contribution in [2.24, 2.45) is 0 Å². The van der Waals surface area contributed by atoms with Crippen LogP contribution in [0.3, 0.4) is 0 Å². The van der Waals surface area contributed by atoms with Crippen molar-refractivity contribution in [2.45, 2.75) is 19.9 Å². The maximum atomic E-state index is 11.7. The van der Waals surface area contributed by atoms with Crippen LogP contribution >= 0.6 is 0 Å². The monoisotopic (exact) mass is 275 g/mol. The van der Waals surface area contributed by atoms with Gasteiger partial charge >= 0.3 is 0 Å². The van der Waals surface area contributed by atoms with Crippen molar-refractivity contribution in [1.29, 1.82) is 0 Å². The van der Waals surface area contributed by atoms with Crippen LogP contribution in [0.2, 0.25) is 0 Å². The van der Waals surface area contributed by atoms with Crippen molar-refractivity contribution < 1.29 is 14.3 Å². The lowest BCUT2D eigenvalue weighted by Crippen LogP contribution is -2.30. The van der Waals surface area contributed by atoms with E-state index in [1.165, 1.54) is 6.08 Å². The van der Waals surface area contributed by atoms with E-state index in [9.17, 15) is 4.79 Å². The third-order valence-electron chi connectivity index (χ3n) is 2.82. The topological polar surface area (TPSA) is 38.8 Å². The molecule has 0 aromatic heterocycles. The number of hydrogen-bond donors (Lipinski definition) is 0. The Kier molecular flexibility index (Phi) is 5.84. The van der Waals surface area contributed by atoms with Crippen molar-refractivity contribution in [3.8, 4) is 11.5 Å². The summed E-state index contributed by atoms with van der Waals surface area (Å²) in [5, 5.41) is 0. The van der Waals surface area contributed by atoms with E-state index < -0.39 is 0 Å². The van der Waals surface area contributed by atoms with Gasteiger partial charge in [-0.25, -0.2) is 0 Å². The van der Waals surface area contributed by atoms with Gasteiger partial charge in [-0.15, -0.1) is 0 Å². The van der Waals surface area contributed by atoms with Crippen LogP contribution in [0, 0.1) is 0 Å². The predicted octanol–water partition coefficient (Wildman–Crippen LogP) is 3.10. The van der Waals surface area contributed by atoms with Gasteiger partial charge in [0.2, 0.25) is 5.91 Å². The molecule has 0 fully saturated rings. The highest BCUT2D eigenvalue weighted by Gasteiger charge is 2.10. The average Bonchev–Trinajstić information content (AvgIpc) is 2.46. The molecule has 0 saturated carbocycles. The van der Waals surface area contributed by atoms with Crippen molar-refractivity contribution >= 4 is 12.0 Å². The summed E-state index contributed by atoms with van der Waals surface area (Å²) in [6.07, 6.45) is 4.90. The summed E-state index contributed by atoms with van der Waals surface area (Å²) in [6.45, 7) is 7.40. The van der Waals surface area contributed by atoms with E-state index in [0.717, 1.165) is 5.56 Å². The van der Waals surface area contributed by atoms with Crippen LogP contribution in [-0.2, 0) is 4.79 Å². The second-order valence-corrected chi connectivity index (χ2v) is 4.47. The normalized spacial score (nSPS) is 10.7. The highest BCUT2D eigenvalue weighted by atomic mass is 16.5. The minimum atomic E-state index is -0.128. The van der Waals surface area contributed by atoms with Gasteiger partial charge in [-0.2, -0.15) is 0 Å². The molecule has 0 atom stereocenters. The molecule has 0 unspecified atom stereocenters. The second kappa shape index (κ2) is 7.38. The summed E-state index contributed by atoms with van der Waals surface area (Å²) in [5.74, 6) is 1.20. The number of methoxy groups -OCH3 is 2. The highest BCUT2D eigenvalue weighted by molar-refractivity contribution is 5.88. The van der Waals surface area contributed by atoms with E-state index in [0.29, 0.717) is 11.5 Å². The van der Waals surface area contributed by atoms with E-state index in [1.54, 1.807) is 25.3 Å². The summed E-state index contributed by atoms with van der Waals surface area (Å²) >= 11 is 0. The zero-order chi connectivity index (χ0) is 15.1. The van der Waals surface area contributed by atoms with E-state index >= 15 is 0 Å². The Morgan fingerprint density at radius 2 is 1.90 bits per heavy atom. The number of nitrogens with zero attached hydrogens (tertiary/aromatic N) is 1. The number of ether oxygens (including phenoxy) is 2. The first-order valence-electron chi connectivity index (χ1n) is 6.38. The zero-order valence-corrected chi connectivity index (χ0v) is 12.4. The molecule has 4 nitrogen and oxygen atoms in total. The molecule has 1 aromatic rings. The van der Waals surface area contributed by atoms with Gasteiger partial charge in [0.1, 0.15) is 0 Å². The minimum absolute atomic E-state index is 0.0666. The van der Waals surface area contributed by atoms with Crippen LogP contribution in [0.15, 0.2) is 37.1 Å². The lowest BCUT2D eigenvalue weighted by molar-refractivity contribution is -0.124. The summed E-state index contributed by atoms with van der Waals surface area (Å²) < 4.78 is 10.4. The van der Waals surface area contributed by atoms with Crippen molar-refractivity contribution in [3.05, 3.63) is 42.6 Å². The number of carbonyl (C=O) groups excluding carboxylic acids is 1. The Hall–Kier alpha value is -2.23. The molecule has 0 heterocycles. The van der Waals surface area contributed by atoms with Crippen LogP contribution in [-0.4, -0.2) is 31.1 Å². The number of hydrogen-bond acceptors (Lipinski definition) is 3. The van der Waals surface area contributed by atoms with Gasteiger partial charge in [-0.3, -0.25) is 4.79 Å². The summed E-state index contributed by atoms with van der Waals surface area (Å²) in [4.78, 5) is 13.3. The molecule has 20 heavy (non-hydrogen) atoms. The van der Waals surface area contributed by atoms with Gasteiger partial charge in [-0.1, -0.05) is 12.6 Å². The molecule has 0 spiro atoms. The lowest BCUT2D eigenvalue weighted by Gasteiger charge is -2.20. The number of rotatable bonds is 6. The van der Waals surface area contributed by atoms with Gasteiger partial charge in [-0.05, 0) is 43.7 Å². The zero-order valence-electron chi connectivity index (χ0n) is 12.4. The molecule has 1 aromatic carbocycles. The molecule has 0 bridgehead atoms. The summed E-state index contributed by atoms with van der Waals surface area (Å²) in [6, 6.07) is 5.64. The van der Waals surface area contributed by atoms with Crippen LogP contribution in [0.4, 0.5) is 0 Å². The SMILES string of the molecule is C=CC(=O)N(C=Cc1ccc(OC)c(OC)c1)C(C)C. The van der Waals surface area contributed by atoms with Crippen LogP contribution in [0.1, 0.15) is 19.4 Å². The van der Waals surface area contributed by atoms with E-state index in [2.05, 4.69) is 6.58 Å². The van der Waals surface area contributed by atoms with Crippen molar-refractivity contribution in [2.75, 3.05) is 14.2 Å². The molecule has 0 aliphatic carbocycles. The Labute approximate surface area is 120 Å². The highest BCUT2D eigenvalue weighted by Crippen LogP contribution is 2.28. The number of benzene rings is 1. The Morgan fingerprint density at radius 1 is 1.25 bits per heavy atom. The molecule has 108 valence electrons. The first-order chi connectivity index (χ1) is 9.53. The Bertz CT molecular complexity index is 506. The largest absolute Gasteiger partial charge is 0.493 e. The smallest absolute Gasteiger partial charge is 0.250 e. The van der Waals surface area contributed by atoms with E-state index in [1.807, 2.05) is 38.1 Å². The third kappa shape index (κ3) is 3.88. The number of amides is 1. The molecule has 1 amide bonds. The van der Waals surface area contributed by atoms with Gasteiger partial charge in [0.05, 0.1) is 14.2 Å². The maximum absolute atomic E-state index is 11.7. The number of carbonyl (C=O) groups is 1. The van der Waals surface area contributed by atoms with Crippen molar-refractivity contribution in [3.63, 3.8) is 0 Å². The van der Waals surface area contributed by atoms with Crippen LogP contribution in [0.25, 0.3) is 6.08 Å². The Balaban J connectivity index is 2.98. The predicted molar refractivity (Wildman–Crippen MR) is 80.8 cm³/mol. The minimum Gasteiger partial charge on any atom is -0.493 e. The molecule has 0 saturated heterocycles. The lowest BCUT2D eigenvalue weighted by atomic mass is 10.2. The van der Waals surface area contributed by atoms with Gasteiger partial charge < -0.3 is 14.4 Å². The summed E-state index contributed by atoms with van der Waals surface area (Å²) in [5.41, 5.74) is 0.921. The van der Waals surface area contributed by atoms with Crippen molar-refractivity contribution in [1.82, 2.24) is 4.90 Å². The van der Waals surface area contributed by atoms with E-state index in [-0.39, 0.29) is 11.9 Å². The van der Waals surface area contributed by atoms with E-state index in [4.69, 9.17) is 9.47 Å². The quantitative estimate of drug-likeness (QED) is 0.749. The standard InChI is InChI=1S/C16H21NO3/c1-6-16(18)17(12(2)3)10-9-13-7-8-14(19-4)15(11-13)20-5/h6-12H,1H2,2-5H3. The molecule has 4 heteroatoms. The fraction of sp³-hybridized carbons (Fsp3) is 0.312. The molecular weight excluding hydrogens is 254 g/mol. The van der Waals surface area contributed by atoms with Crippen LogP contribution in [0.5, 0.6) is 11.5 Å². The fourth-order valence-corrected chi connectivity index (χ4v) is 1.73. The third-order valence-corrected chi connectivity index (χ3v) is 2.82. The maximum Gasteiger partial charge on any atom is 0.250 e. The van der Waals surface area contributed by atoms with Crippen LogP contribution < -0.4 is 9.47 Å². The van der Waals surface area contributed by atoms with Gasteiger partial charge in [0, 0.05) is 12.2 Å². The molecule has 1 rings (SSSR count). The van der Waals surface area contributed by atoms with Gasteiger partial charge in [0.15, 0.2) is 11.5 Å². The molecule has 0 radical (unpaired) electrons. The second-order valence-electron chi connectivity index (χ2n) is 4.47. The molecule has 0 aliphatic rings. The molecular formula is C16H21NO3. The Morgan fingerprint density at radius 3 is 2.40 bits per heavy atom.